The van der Waals surface area contributed by atoms with Gasteiger partial charge in [-0.3, -0.25) is 9.59 Å². The predicted octanol–water partition coefficient (Wildman–Crippen LogP) is 17.2. The fourth-order valence-corrected chi connectivity index (χ4v) is 11.6. The first-order chi connectivity index (χ1) is 36.6. The molecule has 0 aliphatic carbocycles. The second kappa shape index (κ2) is 26.8. The number of ether oxygens (including phenoxy) is 1. The van der Waals surface area contributed by atoms with Gasteiger partial charge in [0.25, 0.3) is 0 Å². The van der Waals surface area contributed by atoms with Crippen LogP contribution in [0.4, 0.5) is 0 Å². The highest BCUT2D eigenvalue weighted by Crippen LogP contribution is 2.44. The second-order valence-corrected chi connectivity index (χ2v) is 21.7. The summed E-state index contributed by atoms with van der Waals surface area (Å²) in [5.41, 5.74) is 19.9. The first kappa shape index (κ1) is 61.5. The first-order valence-corrected chi connectivity index (χ1v) is 28.3. The molecule has 6 heteroatoms. The zero-order valence-corrected chi connectivity index (χ0v) is 49.3. The molecule has 0 saturated carbocycles. The Labute approximate surface area is 463 Å². The average molecular weight is 1040 g/mol. The van der Waals surface area contributed by atoms with E-state index in [4.69, 9.17) is 9.84 Å². The third kappa shape index (κ3) is 14.2. The summed E-state index contributed by atoms with van der Waals surface area (Å²) in [6, 6.07) is 39.1. The molecule has 3 N–H and O–H groups in total. The van der Waals surface area contributed by atoms with Crippen molar-refractivity contribution in [3.8, 4) is 22.3 Å². The summed E-state index contributed by atoms with van der Waals surface area (Å²) in [6.07, 6.45) is 15.2. The van der Waals surface area contributed by atoms with Crippen LogP contribution in [0.1, 0.15) is 185 Å². The van der Waals surface area contributed by atoms with E-state index in [0.717, 1.165) is 59.1 Å². The van der Waals surface area contributed by atoms with Gasteiger partial charge in [0.2, 0.25) is 0 Å². The molecular formula is C71H90O6. The minimum atomic E-state index is -0.812. The molecule has 6 rings (SSSR count). The average Bonchev–Trinajstić information content (AvgIpc) is 3.44. The monoisotopic (exact) mass is 1040 g/mol. The fraction of sp³-hybridized carbons (Fsp3) is 0.408. The van der Waals surface area contributed by atoms with Crippen molar-refractivity contribution in [2.24, 2.45) is 0 Å². The van der Waals surface area contributed by atoms with Crippen molar-refractivity contribution in [2.75, 3.05) is 7.11 Å². The molecule has 0 atom stereocenters. The molecule has 0 fully saturated rings. The number of carbonyl (C=O) groups excluding carboxylic acids is 1. The number of aryl methyl sites for hydroxylation is 6. The number of aliphatic carboxylic acids is 1. The summed E-state index contributed by atoms with van der Waals surface area (Å²) in [7, 11) is 1.42. The van der Waals surface area contributed by atoms with E-state index < -0.39 is 17.2 Å². The van der Waals surface area contributed by atoms with Gasteiger partial charge in [0, 0.05) is 10.8 Å². The maximum atomic E-state index is 11.7. The van der Waals surface area contributed by atoms with Gasteiger partial charge in [-0.1, -0.05) is 189 Å². The second-order valence-electron chi connectivity index (χ2n) is 21.7. The molecule has 0 amide bonds. The lowest BCUT2D eigenvalue weighted by Gasteiger charge is -2.35. The van der Waals surface area contributed by atoms with E-state index in [2.05, 4.69) is 154 Å². The minimum Gasteiger partial charge on any atom is -0.481 e. The number of methoxy groups -OCH3 is 1. The van der Waals surface area contributed by atoms with Crippen LogP contribution in [0.2, 0.25) is 0 Å². The highest BCUT2D eigenvalue weighted by atomic mass is 16.5. The van der Waals surface area contributed by atoms with Crippen molar-refractivity contribution in [1.29, 1.82) is 0 Å². The summed E-state index contributed by atoms with van der Waals surface area (Å²) < 4.78 is 4.81. The third-order valence-electron chi connectivity index (χ3n) is 17.2. The van der Waals surface area contributed by atoms with E-state index >= 15 is 0 Å². The molecule has 0 saturated heterocycles. The number of hydrogen-bond acceptors (Lipinski definition) is 5. The predicted molar refractivity (Wildman–Crippen MR) is 324 cm³/mol. The number of carboxylic acid groups (broad SMARTS) is 1. The fourth-order valence-electron chi connectivity index (χ4n) is 11.6. The van der Waals surface area contributed by atoms with Crippen molar-refractivity contribution in [2.45, 2.75) is 183 Å². The maximum Gasteiger partial charge on any atom is 0.309 e. The van der Waals surface area contributed by atoms with Crippen LogP contribution >= 0.6 is 0 Å². The van der Waals surface area contributed by atoms with E-state index in [-0.39, 0.29) is 29.6 Å². The summed E-state index contributed by atoms with van der Waals surface area (Å²) in [6.45, 7) is 30.3. The van der Waals surface area contributed by atoms with E-state index in [1.54, 1.807) is 0 Å². The topological polar surface area (TPSA) is 104 Å². The zero-order valence-electron chi connectivity index (χ0n) is 49.3. The van der Waals surface area contributed by atoms with Gasteiger partial charge in [0.1, 0.15) is 0 Å². The summed E-state index contributed by atoms with van der Waals surface area (Å²) in [4.78, 5) is 22.7. The Morgan fingerprint density at radius 3 is 1.01 bits per heavy atom. The van der Waals surface area contributed by atoms with Gasteiger partial charge < -0.3 is 20.1 Å². The van der Waals surface area contributed by atoms with Crippen LogP contribution < -0.4 is 0 Å². The lowest BCUT2D eigenvalue weighted by Crippen LogP contribution is -2.26. The zero-order chi connectivity index (χ0) is 56.9. The highest BCUT2D eigenvalue weighted by molar-refractivity contribution is 5.76. The number of carbonyl (C=O) groups is 2. The Kier molecular flexibility index (Phi) is 21.4. The molecule has 0 radical (unpaired) electrons. The van der Waals surface area contributed by atoms with E-state index in [9.17, 15) is 19.8 Å². The van der Waals surface area contributed by atoms with Crippen molar-refractivity contribution in [3.05, 3.63) is 199 Å². The van der Waals surface area contributed by atoms with Crippen molar-refractivity contribution in [1.82, 2.24) is 0 Å². The molecule has 0 aromatic heterocycles. The number of carboxylic acids is 1. The van der Waals surface area contributed by atoms with E-state index in [0.29, 0.717) is 25.7 Å². The van der Waals surface area contributed by atoms with Crippen LogP contribution in [0.25, 0.3) is 34.4 Å². The van der Waals surface area contributed by atoms with E-state index in [1.807, 2.05) is 76.2 Å². The molecule has 77 heavy (non-hydrogen) atoms. The van der Waals surface area contributed by atoms with Gasteiger partial charge in [-0.2, -0.15) is 0 Å². The lowest BCUT2D eigenvalue weighted by atomic mass is 9.69. The molecule has 6 nitrogen and oxygen atoms in total. The Bertz CT molecular complexity index is 2960. The molecule has 0 aliphatic rings. The summed E-state index contributed by atoms with van der Waals surface area (Å²) in [5.74, 6) is -1.04. The van der Waals surface area contributed by atoms with Crippen molar-refractivity contribution < 1.29 is 29.6 Å². The van der Waals surface area contributed by atoms with Crippen molar-refractivity contribution >= 4 is 24.1 Å². The smallest absolute Gasteiger partial charge is 0.309 e. The molecule has 410 valence electrons. The molecule has 0 unspecified atom stereocenters. The van der Waals surface area contributed by atoms with Gasteiger partial charge in [-0.05, 0) is 193 Å². The Hall–Kier alpha value is -6.34. The first-order valence-electron chi connectivity index (χ1n) is 28.3. The molecular weight excluding hydrogens is 949 g/mol. The van der Waals surface area contributed by atoms with Crippen LogP contribution in [0, 0.1) is 41.5 Å². The quantitative estimate of drug-likeness (QED) is 0.0585. The van der Waals surface area contributed by atoms with Gasteiger partial charge in [-0.15, -0.1) is 0 Å². The molecule has 0 heterocycles. The molecule has 6 aromatic rings. The number of esters is 1. The SMILES string of the molecule is CCC(O)(/C=C/c1ccc(C(CC)(CC)c2cc(C)c(-c3ccc(CC(=O)O)cc3)c(C)c2)cc1C)CC.CCC(O)(/C=C/c1ccc(C(CC)(CC)c2cc(C)c(-c3ccc(CC(=O)OC)cc3)c(C)c2)cc1C)CC. The maximum absolute atomic E-state index is 11.7. The van der Waals surface area contributed by atoms with Gasteiger partial charge in [0.05, 0.1) is 31.2 Å². The number of hydrogen-bond donors (Lipinski definition) is 3. The van der Waals surface area contributed by atoms with Crippen LogP contribution in [0.5, 0.6) is 0 Å². The van der Waals surface area contributed by atoms with Crippen LogP contribution in [-0.4, -0.2) is 45.6 Å². The summed E-state index contributed by atoms with van der Waals surface area (Å²) in [5, 5.41) is 30.5. The third-order valence-corrected chi connectivity index (χ3v) is 17.2. The Balaban J connectivity index is 0.000000284. The van der Waals surface area contributed by atoms with Gasteiger partial charge in [0.15, 0.2) is 0 Å². The molecule has 6 aromatic carbocycles. The van der Waals surface area contributed by atoms with E-state index in [1.165, 1.54) is 73.9 Å². The molecule has 0 spiro atoms. The normalized spacial score (nSPS) is 12.3. The van der Waals surface area contributed by atoms with Gasteiger partial charge in [-0.25, -0.2) is 0 Å². The summed E-state index contributed by atoms with van der Waals surface area (Å²) >= 11 is 0. The lowest BCUT2D eigenvalue weighted by molar-refractivity contribution is -0.140. The van der Waals surface area contributed by atoms with Crippen molar-refractivity contribution in [3.63, 3.8) is 0 Å². The standard InChI is InChI=1S/C36H46O3.C35H44O3/c1-9-35(38,10-2)20-19-29-17-18-31(21-25(29)5)36(11-3,12-4)32-22-26(6)34(27(7)23-32)30-15-13-28(14-16-30)24-33(37)39-8;1-8-34(38,9-2)19-18-28-16-17-30(20-24(28)5)35(10-3,11-4)31-21-25(6)33(26(7)22-31)29-14-12-27(13-15-29)23-32(36)37/h13-23,38H,9-12,24H2,1-8H3;12-22,38H,8-11,23H2,1-7H3,(H,36,37)/b20-19+;19-18+. The van der Waals surface area contributed by atoms with Gasteiger partial charge >= 0.3 is 11.9 Å². The minimum absolute atomic E-state index is 0.0405. The number of rotatable bonds is 22. The van der Waals surface area contributed by atoms with Crippen LogP contribution in [-0.2, 0) is 38.0 Å². The van der Waals surface area contributed by atoms with Crippen LogP contribution in [0.15, 0.2) is 121 Å². The number of benzene rings is 6. The molecule has 0 bridgehead atoms. The molecule has 0 aliphatic heterocycles. The van der Waals surface area contributed by atoms with Crippen LogP contribution in [0.3, 0.4) is 0 Å². The highest BCUT2D eigenvalue weighted by Gasteiger charge is 2.34. The largest absolute Gasteiger partial charge is 0.481 e. The number of aliphatic hydroxyl groups is 2. The Morgan fingerprint density at radius 1 is 0.429 bits per heavy atom. The Morgan fingerprint density at radius 2 is 0.740 bits per heavy atom.